The van der Waals surface area contributed by atoms with Gasteiger partial charge in [0.2, 0.25) is 0 Å². The van der Waals surface area contributed by atoms with E-state index in [4.69, 9.17) is 9.47 Å². The molecule has 1 aliphatic rings. The zero-order chi connectivity index (χ0) is 13.9. The number of nitrogens with one attached hydrogen (secondary N) is 1. The fraction of sp³-hybridized carbons (Fsp3) is 0.375. The fourth-order valence-corrected chi connectivity index (χ4v) is 3.28. The Bertz CT molecular complexity index is 577. The smallest absolute Gasteiger partial charge is 0.134 e. The molecule has 0 spiro atoms. The predicted molar refractivity (Wildman–Crippen MR) is 81.9 cm³/mol. The molecule has 0 amide bonds. The lowest BCUT2D eigenvalue weighted by Crippen LogP contribution is -2.17. The number of hydrogen-bond donors (Lipinski definition) is 1. The van der Waals surface area contributed by atoms with Crippen molar-refractivity contribution in [2.24, 2.45) is 0 Å². The Kier molecular flexibility index (Phi) is 3.94. The molecular weight excluding hydrogens is 270 g/mol. The lowest BCUT2D eigenvalue weighted by molar-refractivity contribution is 0.302. The Morgan fingerprint density at radius 2 is 2.15 bits per heavy atom. The van der Waals surface area contributed by atoms with Gasteiger partial charge >= 0.3 is 0 Å². The van der Waals surface area contributed by atoms with Crippen LogP contribution in [0.1, 0.15) is 29.3 Å². The molecule has 4 heteroatoms. The number of hydrogen-bond acceptors (Lipinski definition) is 4. The normalized spacial score (nSPS) is 15.9. The second kappa shape index (κ2) is 5.85. The van der Waals surface area contributed by atoms with E-state index in [1.807, 2.05) is 19.2 Å². The van der Waals surface area contributed by atoms with Gasteiger partial charge in [0.1, 0.15) is 11.5 Å². The van der Waals surface area contributed by atoms with Crippen molar-refractivity contribution >= 4 is 11.3 Å². The molecule has 1 atom stereocenters. The van der Waals surface area contributed by atoms with Gasteiger partial charge in [-0.3, -0.25) is 0 Å². The van der Waals surface area contributed by atoms with Crippen LogP contribution in [0.3, 0.4) is 0 Å². The first kappa shape index (κ1) is 13.5. The van der Waals surface area contributed by atoms with Gasteiger partial charge in [0, 0.05) is 0 Å². The maximum Gasteiger partial charge on any atom is 0.134 e. The van der Waals surface area contributed by atoms with Gasteiger partial charge in [-0.25, -0.2) is 0 Å². The Morgan fingerprint density at radius 1 is 1.30 bits per heavy atom. The fourth-order valence-electron chi connectivity index (χ4n) is 2.28. The summed E-state index contributed by atoms with van der Waals surface area (Å²) in [6.07, 6.45) is 2.78. The minimum atomic E-state index is 0.132. The van der Waals surface area contributed by atoms with Gasteiger partial charge in [-0.05, 0) is 49.0 Å². The lowest BCUT2D eigenvalue weighted by atomic mass is 10.0. The summed E-state index contributed by atoms with van der Waals surface area (Å²) < 4.78 is 11.3. The van der Waals surface area contributed by atoms with Crippen LogP contribution in [-0.4, -0.2) is 20.3 Å². The molecule has 1 heterocycles. The van der Waals surface area contributed by atoms with Crippen molar-refractivity contribution in [3.63, 3.8) is 0 Å². The third-order valence-electron chi connectivity index (χ3n) is 3.45. The molecule has 20 heavy (non-hydrogen) atoms. The number of thiophene rings is 1. The molecule has 0 saturated heterocycles. The highest BCUT2D eigenvalue weighted by Gasteiger charge is 2.24. The molecule has 1 N–H and O–H groups in total. The van der Waals surface area contributed by atoms with Gasteiger partial charge in [-0.2, -0.15) is 0 Å². The molecule has 3 nitrogen and oxygen atoms in total. The van der Waals surface area contributed by atoms with E-state index in [2.05, 4.69) is 28.9 Å². The summed E-state index contributed by atoms with van der Waals surface area (Å²) in [5.41, 5.74) is 1.20. The average molecular weight is 289 g/mol. The van der Waals surface area contributed by atoms with E-state index in [-0.39, 0.29) is 6.04 Å². The Balaban J connectivity index is 1.88. The van der Waals surface area contributed by atoms with Crippen molar-refractivity contribution in [2.45, 2.75) is 25.0 Å². The monoisotopic (exact) mass is 289 g/mol. The van der Waals surface area contributed by atoms with Gasteiger partial charge < -0.3 is 14.8 Å². The zero-order valence-electron chi connectivity index (χ0n) is 11.8. The van der Waals surface area contributed by atoms with Crippen LogP contribution in [0.25, 0.3) is 0 Å². The topological polar surface area (TPSA) is 30.5 Å². The highest BCUT2D eigenvalue weighted by Crippen LogP contribution is 2.36. The van der Waals surface area contributed by atoms with Gasteiger partial charge in [0.25, 0.3) is 0 Å². The van der Waals surface area contributed by atoms with Crippen LogP contribution in [0.5, 0.6) is 11.5 Å². The maximum absolute atomic E-state index is 5.88. The second-order valence-corrected chi connectivity index (χ2v) is 5.91. The first-order valence-electron chi connectivity index (χ1n) is 6.87. The largest absolute Gasteiger partial charge is 0.496 e. The standard InChI is InChI=1S/C16H19NO2S/c1-17-15(16-14(18-2)8-9-20-16)11-4-3-5-13(10-11)19-12-6-7-12/h3-5,8-10,12,15,17H,6-7H2,1-2H3. The maximum atomic E-state index is 5.88. The zero-order valence-corrected chi connectivity index (χ0v) is 12.6. The first-order valence-corrected chi connectivity index (χ1v) is 7.75. The highest BCUT2D eigenvalue weighted by atomic mass is 32.1. The van der Waals surface area contributed by atoms with Crippen LogP contribution in [0.15, 0.2) is 35.7 Å². The predicted octanol–water partition coefficient (Wildman–Crippen LogP) is 3.61. The van der Waals surface area contributed by atoms with E-state index in [1.54, 1.807) is 18.4 Å². The lowest BCUT2D eigenvalue weighted by Gasteiger charge is -2.17. The minimum absolute atomic E-state index is 0.132. The molecule has 1 aromatic heterocycles. The van der Waals surface area contributed by atoms with Gasteiger partial charge in [0.05, 0.1) is 24.1 Å². The van der Waals surface area contributed by atoms with Crippen LogP contribution in [-0.2, 0) is 0 Å². The molecule has 1 aliphatic carbocycles. The minimum Gasteiger partial charge on any atom is -0.496 e. The SMILES string of the molecule is CNC(c1cccc(OC2CC2)c1)c1sccc1OC. The summed E-state index contributed by atoms with van der Waals surface area (Å²) >= 11 is 1.71. The molecule has 1 aromatic carbocycles. The summed E-state index contributed by atoms with van der Waals surface area (Å²) in [6, 6.07) is 10.5. The van der Waals surface area contributed by atoms with Crippen molar-refractivity contribution in [1.82, 2.24) is 5.32 Å². The summed E-state index contributed by atoms with van der Waals surface area (Å²) in [6.45, 7) is 0. The van der Waals surface area contributed by atoms with E-state index in [0.717, 1.165) is 11.5 Å². The van der Waals surface area contributed by atoms with Crippen molar-refractivity contribution in [2.75, 3.05) is 14.2 Å². The van der Waals surface area contributed by atoms with Crippen molar-refractivity contribution < 1.29 is 9.47 Å². The summed E-state index contributed by atoms with van der Waals surface area (Å²) in [7, 11) is 3.68. The number of rotatable bonds is 6. The molecule has 0 bridgehead atoms. The summed E-state index contributed by atoms with van der Waals surface area (Å²) in [5.74, 6) is 1.89. The number of methoxy groups -OCH3 is 1. The summed E-state index contributed by atoms with van der Waals surface area (Å²) in [5, 5.41) is 5.43. The van der Waals surface area contributed by atoms with E-state index < -0.39 is 0 Å². The third-order valence-corrected chi connectivity index (χ3v) is 4.41. The van der Waals surface area contributed by atoms with E-state index >= 15 is 0 Å². The number of ether oxygens (including phenoxy) is 2. The van der Waals surface area contributed by atoms with E-state index in [0.29, 0.717) is 6.10 Å². The van der Waals surface area contributed by atoms with Crippen LogP contribution in [0, 0.1) is 0 Å². The van der Waals surface area contributed by atoms with E-state index in [9.17, 15) is 0 Å². The molecule has 1 saturated carbocycles. The molecule has 1 unspecified atom stereocenters. The van der Waals surface area contributed by atoms with Crippen LogP contribution in [0.2, 0.25) is 0 Å². The Labute approximate surface area is 123 Å². The Hall–Kier alpha value is -1.52. The third kappa shape index (κ3) is 2.81. The van der Waals surface area contributed by atoms with Crippen molar-refractivity contribution in [3.8, 4) is 11.5 Å². The highest BCUT2D eigenvalue weighted by molar-refractivity contribution is 7.10. The summed E-state index contributed by atoms with van der Waals surface area (Å²) in [4.78, 5) is 1.19. The van der Waals surface area contributed by atoms with Gasteiger partial charge in [0.15, 0.2) is 0 Å². The molecule has 106 valence electrons. The Morgan fingerprint density at radius 3 is 2.85 bits per heavy atom. The van der Waals surface area contributed by atoms with Gasteiger partial charge in [-0.15, -0.1) is 11.3 Å². The molecule has 0 radical (unpaired) electrons. The number of benzene rings is 1. The molecule has 1 fully saturated rings. The quantitative estimate of drug-likeness (QED) is 0.881. The molecule has 0 aliphatic heterocycles. The molecule has 3 rings (SSSR count). The van der Waals surface area contributed by atoms with E-state index in [1.165, 1.54) is 23.3 Å². The molecular formula is C16H19NO2S. The second-order valence-electron chi connectivity index (χ2n) is 4.96. The molecule has 2 aromatic rings. The van der Waals surface area contributed by atoms with Crippen molar-refractivity contribution in [3.05, 3.63) is 46.2 Å². The first-order chi connectivity index (χ1) is 9.81. The van der Waals surface area contributed by atoms with Crippen LogP contribution in [0.4, 0.5) is 0 Å². The van der Waals surface area contributed by atoms with Crippen LogP contribution < -0.4 is 14.8 Å². The van der Waals surface area contributed by atoms with Crippen LogP contribution >= 0.6 is 11.3 Å². The van der Waals surface area contributed by atoms with Crippen molar-refractivity contribution in [1.29, 1.82) is 0 Å². The van der Waals surface area contributed by atoms with Gasteiger partial charge in [-0.1, -0.05) is 12.1 Å². The average Bonchev–Trinajstić information content (AvgIpc) is 3.16.